The zero-order chi connectivity index (χ0) is 26.9. The van der Waals surface area contributed by atoms with Crippen molar-refractivity contribution in [3.8, 4) is 23.0 Å². The SMILES string of the molecule is COc1cc2nccc(Oc3ccc4c(NC(=O)c5ccc(C(C)(C)C)cc5)cccc4c3)c2cc1OC. The van der Waals surface area contributed by atoms with E-state index in [-0.39, 0.29) is 11.3 Å². The molecule has 0 radical (unpaired) electrons. The fourth-order valence-corrected chi connectivity index (χ4v) is 4.41. The highest BCUT2D eigenvalue weighted by Gasteiger charge is 2.15. The van der Waals surface area contributed by atoms with Crippen LogP contribution in [0.5, 0.6) is 23.0 Å². The first-order valence-corrected chi connectivity index (χ1v) is 12.4. The lowest BCUT2D eigenvalue weighted by Gasteiger charge is -2.19. The molecular formula is C32H30N2O4. The van der Waals surface area contributed by atoms with Crippen LogP contribution in [0.2, 0.25) is 0 Å². The van der Waals surface area contributed by atoms with Gasteiger partial charge in [-0.25, -0.2) is 0 Å². The number of pyridine rings is 1. The van der Waals surface area contributed by atoms with Crippen molar-refractivity contribution in [1.82, 2.24) is 4.98 Å². The summed E-state index contributed by atoms with van der Waals surface area (Å²) in [4.78, 5) is 17.4. The molecule has 4 aromatic carbocycles. The highest BCUT2D eigenvalue weighted by atomic mass is 16.5. The molecule has 192 valence electrons. The highest BCUT2D eigenvalue weighted by molar-refractivity contribution is 6.09. The van der Waals surface area contributed by atoms with Crippen molar-refractivity contribution in [3.05, 3.63) is 96.2 Å². The summed E-state index contributed by atoms with van der Waals surface area (Å²) in [5.41, 5.74) is 3.32. The van der Waals surface area contributed by atoms with Gasteiger partial charge in [0.1, 0.15) is 11.5 Å². The molecule has 0 saturated carbocycles. The number of amides is 1. The standard InChI is InChI=1S/C32H30N2O4/c1-32(2,3)22-11-9-20(10-12-22)31(35)34-26-8-6-7-21-17-23(13-14-24(21)26)38-28-15-16-33-27-19-30(37-5)29(36-4)18-25(27)28/h6-19H,1-5H3,(H,34,35). The van der Waals surface area contributed by atoms with Crippen molar-refractivity contribution < 1.29 is 19.0 Å². The van der Waals surface area contributed by atoms with E-state index in [0.29, 0.717) is 28.6 Å². The zero-order valence-corrected chi connectivity index (χ0v) is 22.2. The Balaban J connectivity index is 1.41. The van der Waals surface area contributed by atoms with Gasteiger partial charge in [-0.2, -0.15) is 0 Å². The number of nitrogens with zero attached hydrogens (tertiary/aromatic N) is 1. The maximum absolute atomic E-state index is 13.0. The van der Waals surface area contributed by atoms with Crippen LogP contribution in [0.3, 0.4) is 0 Å². The Kier molecular flexibility index (Phi) is 6.64. The molecule has 0 fully saturated rings. The van der Waals surface area contributed by atoms with Gasteiger partial charge >= 0.3 is 0 Å². The topological polar surface area (TPSA) is 69.7 Å². The fraction of sp³-hybridized carbons (Fsp3) is 0.188. The number of rotatable bonds is 6. The van der Waals surface area contributed by atoms with Crippen molar-refractivity contribution in [2.24, 2.45) is 0 Å². The molecule has 0 saturated heterocycles. The minimum Gasteiger partial charge on any atom is -0.493 e. The maximum Gasteiger partial charge on any atom is 0.255 e. The second-order valence-corrected chi connectivity index (χ2v) is 10.1. The molecule has 38 heavy (non-hydrogen) atoms. The molecule has 5 rings (SSSR count). The number of fused-ring (bicyclic) bond motifs is 2. The van der Waals surface area contributed by atoms with Crippen LogP contribution in [0.1, 0.15) is 36.7 Å². The van der Waals surface area contributed by atoms with E-state index in [0.717, 1.165) is 27.4 Å². The van der Waals surface area contributed by atoms with Crippen LogP contribution in [0, 0.1) is 0 Å². The zero-order valence-electron chi connectivity index (χ0n) is 22.2. The summed E-state index contributed by atoms with van der Waals surface area (Å²) in [6, 6.07) is 24.9. The molecule has 6 nitrogen and oxygen atoms in total. The number of methoxy groups -OCH3 is 2. The minimum absolute atomic E-state index is 0.0336. The van der Waals surface area contributed by atoms with Crippen molar-refractivity contribution in [2.75, 3.05) is 19.5 Å². The average molecular weight is 507 g/mol. The summed E-state index contributed by atoms with van der Waals surface area (Å²) in [5.74, 6) is 2.38. The van der Waals surface area contributed by atoms with Crippen LogP contribution < -0.4 is 19.5 Å². The third-order valence-corrected chi connectivity index (χ3v) is 6.55. The molecule has 1 heterocycles. The van der Waals surface area contributed by atoms with Crippen molar-refractivity contribution in [3.63, 3.8) is 0 Å². The first-order valence-electron chi connectivity index (χ1n) is 12.4. The van der Waals surface area contributed by atoms with E-state index in [1.54, 1.807) is 20.4 Å². The summed E-state index contributed by atoms with van der Waals surface area (Å²) in [7, 11) is 3.19. The Bertz CT molecular complexity index is 1640. The third-order valence-electron chi connectivity index (χ3n) is 6.55. The molecule has 0 aliphatic rings. The van der Waals surface area contributed by atoms with Crippen molar-refractivity contribution in [1.29, 1.82) is 0 Å². The Morgan fingerprint density at radius 2 is 1.53 bits per heavy atom. The summed E-state index contributed by atoms with van der Waals surface area (Å²) >= 11 is 0. The molecule has 0 spiro atoms. The van der Waals surface area contributed by atoms with Crippen LogP contribution in [-0.2, 0) is 5.41 Å². The number of ether oxygens (including phenoxy) is 3. The molecule has 1 amide bonds. The molecule has 1 aromatic heterocycles. The van der Waals surface area contributed by atoms with Crippen LogP contribution >= 0.6 is 0 Å². The highest BCUT2D eigenvalue weighted by Crippen LogP contribution is 2.37. The Hall–Kier alpha value is -4.58. The van der Waals surface area contributed by atoms with Gasteiger partial charge in [-0.3, -0.25) is 9.78 Å². The van der Waals surface area contributed by atoms with E-state index in [1.807, 2.05) is 78.9 Å². The van der Waals surface area contributed by atoms with Crippen LogP contribution in [0.25, 0.3) is 21.7 Å². The van der Waals surface area contributed by atoms with Gasteiger partial charge in [-0.05, 0) is 64.9 Å². The molecule has 0 atom stereocenters. The summed E-state index contributed by atoms with van der Waals surface area (Å²) in [5, 5.41) is 5.74. The number of carbonyl (C=O) groups excluding carboxylic acids is 1. The number of carbonyl (C=O) groups is 1. The molecule has 0 bridgehead atoms. The number of hydrogen-bond acceptors (Lipinski definition) is 5. The molecule has 1 N–H and O–H groups in total. The second-order valence-electron chi connectivity index (χ2n) is 10.1. The van der Waals surface area contributed by atoms with Crippen LogP contribution in [0.4, 0.5) is 5.69 Å². The van der Waals surface area contributed by atoms with E-state index in [2.05, 4.69) is 31.1 Å². The van der Waals surface area contributed by atoms with E-state index >= 15 is 0 Å². The average Bonchev–Trinajstić information content (AvgIpc) is 2.92. The van der Waals surface area contributed by atoms with Crippen molar-refractivity contribution in [2.45, 2.75) is 26.2 Å². The van der Waals surface area contributed by atoms with E-state index in [9.17, 15) is 4.79 Å². The molecule has 0 aliphatic carbocycles. The Morgan fingerprint density at radius 3 is 2.24 bits per heavy atom. The third kappa shape index (κ3) is 4.98. The predicted octanol–water partition coefficient (Wildman–Crippen LogP) is 7.75. The smallest absolute Gasteiger partial charge is 0.255 e. The molecule has 0 unspecified atom stereocenters. The van der Waals surface area contributed by atoms with Gasteiger partial charge in [0.2, 0.25) is 0 Å². The number of hydrogen-bond donors (Lipinski definition) is 1. The minimum atomic E-state index is -0.147. The molecule has 5 aromatic rings. The van der Waals surface area contributed by atoms with E-state index in [4.69, 9.17) is 14.2 Å². The second kappa shape index (κ2) is 10.1. The summed E-state index contributed by atoms with van der Waals surface area (Å²) in [6.07, 6.45) is 1.70. The maximum atomic E-state index is 13.0. The number of benzene rings is 4. The Labute approximate surface area is 222 Å². The van der Waals surface area contributed by atoms with Crippen LogP contribution in [0.15, 0.2) is 85.1 Å². The monoisotopic (exact) mass is 506 g/mol. The molecule has 0 aliphatic heterocycles. The van der Waals surface area contributed by atoms with Gasteiger partial charge < -0.3 is 19.5 Å². The van der Waals surface area contributed by atoms with Gasteiger partial charge in [0, 0.05) is 34.3 Å². The number of anilines is 1. The first kappa shape index (κ1) is 25.1. The lowest BCUT2D eigenvalue weighted by atomic mass is 9.86. The lowest BCUT2D eigenvalue weighted by Crippen LogP contribution is -2.14. The lowest BCUT2D eigenvalue weighted by molar-refractivity contribution is 0.102. The normalized spacial score (nSPS) is 11.4. The van der Waals surface area contributed by atoms with Crippen LogP contribution in [-0.4, -0.2) is 25.1 Å². The van der Waals surface area contributed by atoms with Gasteiger partial charge in [-0.15, -0.1) is 0 Å². The van der Waals surface area contributed by atoms with E-state index < -0.39 is 0 Å². The van der Waals surface area contributed by atoms with Gasteiger partial charge in [-0.1, -0.05) is 45.0 Å². The quantitative estimate of drug-likeness (QED) is 0.255. The predicted molar refractivity (Wildman–Crippen MR) is 152 cm³/mol. The van der Waals surface area contributed by atoms with Gasteiger partial charge in [0.25, 0.3) is 5.91 Å². The fourth-order valence-electron chi connectivity index (χ4n) is 4.41. The largest absolute Gasteiger partial charge is 0.493 e. The first-order chi connectivity index (χ1) is 18.3. The number of nitrogens with one attached hydrogen (secondary N) is 1. The van der Waals surface area contributed by atoms with Gasteiger partial charge in [0.05, 0.1) is 19.7 Å². The van der Waals surface area contributed by atoms with E-state index in [1.165, 1.54) is 5.56 Å². The summed E-state index contributed by atoms with van der Waals surface area (Å²) in [6.45, 7) is 6.46. The Morgan fingerprint density at radius 1 is 0.789 bits per heavy atom. The van der Waals surface area contributed by atoms with Crippen molar-refractivity contribution >= 4 is 33.3 Å². The molecule has 6 heteroatoms. The number of aromatic nitrogens is 1. The summed E-state index contributed by atoms with van der Waals surface area (Å²) < 4.78 is 17.1. The van der Waals surface area contributed by atoms with Gasteiger partial charge in [0.15, 0.2) is 11.5 Å². The molecular weight excluding hydrogens is 476 g/mol.